The molecule has 0 amide bonds. The van der Waals surface area contributed by atoms with Crippen molar-refractivity contribution < 1.29 is 9.90 Å². The lowest BCUT2D eigenvalue weighted by Gasteiger charge is -2.65. The molecule has 0 aromatic carbocycles. The molecule has 4 aliphatic carbocycles. The molecular weight excluding hydrogens is 328 g/mol. The van der Waals surface area contributed by atoms with Gasteiger partial charge in [0.25, 0.3) is 0 Å². The number of hydrogen-bond acceptors (Lipinski definition) is 3. The fraction of sp³-hybridized carbons (Fsp3) is 0.864. The number of aliphatic hydroxyl groups is 1. The molecule has 4 rings (SSSR count). The molecule has 0 aromatic rings. The minimum atomic E-state index is -0.154. The Morgan fingerprint density at radius 2 is 1.92 bits per heavy atom. The molecule has 0 saturated heterocycles. The van der Waals surface area contributed by atoms with Gasteiger partial charge in [-0.15, -0.1) is 0 Å². The van der Waals surface area contributed by atoms with Crippen LogP contribution in [0.1, 0.15) is 72.1 Å². The van der Waals surface area contributed by atoms with Gasteiger partial charge in [-0.1, -0.05) is 26.3 Å². The first-order valence-corrected chi connectivity index (χ1v) is 10.9. The molecule has 0 aliphatic heterocycles. The SMILES string of the molecule is CC12CCC(=O)C=C1CCC1C2C(CCS)CC2(C)C(O)CCC12C. The van der Waals surface area contributed by atoms with E-state index in [2.05, 4.69) is 33.4 Å². The molecule has 2 nitrogen and oxygen atoms in total. The quantitative estimate of drug-likeness (QED) is 0.691. The van der Waals surface area contributed by atoms with E-state index in [9.17, 15) is 9.90 Å². The molecule has 0 bridgehead atoms. The topological polar surface area (TPSA) is 37.3 Å². The third kappa shape index (κ3) is 2.30. The largest absolute Gasteiger partial charge is 0.393 e. The molecule has 3 fully saturated rings. The normalized spacial score (nSPS) is 52.2. The standard InChI is InChI=1S/C22H34O2S/c1-20-9-6-16(23)12-15(20)4-5-17-19(20)14(8-11-25)13-22(3)18(24)7-10-21(17,22)2/h12,14,17-19,24-25H,4-11,13H2,1-3H3. The third-order valence-electron chi connectivity index (χ3n) is 9.34. The molecule has 7 atom stereocenters. The van der Waals surface area contributed by atoms with E-state index in [1.807, 2.05) is 6.08 Å². The predicted molar refractivity (Wildman–Crippen MR) is 105 cm³/mol. The smallest absolute Gasteiger partial charge is 0.155 e. The van der Waals surface area contributed by atoms with Gasteiger partial charge < -0.3 is 5.11 Å². The van der Waals surface area contributed by atoms with Crippen LogP contribution in [0.25, 0.3) is 0 Å². The summed E-state index contributed by atoms with van der Waals surface area (Å²) in [5.74, 6) is 3.19. The monoisotopic (exact) mass is 362 g/mol. The molecule has 25 heavy (non-hydrogen) atoms. The first-order chi connectivity index (χ1) is 11.8. The summed E-state index contributed by atoms with van der Waals surface area (Å²) in [6, 6.07) is 0. The Morgan fingerprint density at radius 1 is 1.16 bits per heavy atom. The first kappa shape index (κ1) is 18.1. The number of rotatable bonds is 2. The highest BCUT2D eigenvalue weighted by atomic mass is 32.1. The molecule has 1 N–H and O–H groups in total. The van der Waals surface area contributed by atoms with Crippen molar-refractivity contribution in [3.63, 3.8) is 0 Å². The number of carbonyl (C=O) groups excluding carboxylic acids is 1. The number of ketones is 1. The molecule has 140 valence electrons. The number of hydrogen-bond donors (Lipinski definition) is 2. The van der Waals surface area contributed by atoms with Crippen LogP contribution in [0.3, 0.4) is 0 Å². The van der Waals surface area contributed by atoms with E-state index in [-0.39, 0.29) is 22.3 Å². The molecule has 7 unspecified atom stereocenters. The van der Waals surface area contributed by atoms with Gasteiger partial charge >= 0.3 is 0 Å². The second kappa shape index (κ2) is 5.86. The highest BCUT2D eigenvalue weighted by Gasteiger charge is 2.66. The maximum atomic E-state index is 12.0. The van der Waals surface area contributed by atoms with Crippen molar-refractivity contribution in [1.29, 1.82) is 0 Å². The summed E-state index contributed by atoms with van der Waals surface area (Å²) in [5, 5.41) is 10.9. The number of carbonyl (C=O) groups is 1. The second-order valence-electron chi connectivity index (χ2n) is 10.1. The van der Waals surface area contributed by atoms with E-state index in [0.717, 1.165) is 44.3 Å². The number of aliphatic hydroxyl groups excluding tert-OH is 1. The fourth-order valence-corrected chi connectivity index (χ4v) is 8.06. The van der Waals surface area contributed by atoms with Crippen molar-refractivity contribution in [2.75, 3.05) is 5.75 Å². The third-order valence-corrected chi connectivity index (χ3v) is 9.60. The molecule has 3 heteroatoms. The number of thiol groups is 1. The Hall–Kier alpha value is -0.280. The Bertz CT molecular complexity index is 613. The van der Waals surface area contributed by atoms with Gasteiger partial charge in [0, 0.05) is 6.42 Å². The lowest BCUT2D eigenvalue weighted by Crippen LogP contribution is -2.59. The summed E-state index contributed by atoms with van der Waals surface area (Å²) in [6.45, 7) is 7.29. The van der Waals surface area contributed by atoms with Crippen molar-refractivity contribution in [3.05, 3.63) is 11.6 Å². The predicted octanol–water partition coefficient (Wildman–Crippen LogP) is 4.82. The average Bonchev–Trinajstić information content (AvgIpc) is 2.80. The second-order valence-corrected chi connectivity index (χ2v) is 10.5. The van der Waals surface area contributed by atoms with Crippen molar-refractivity contribution in [1.82, 2.24) is 0 Å². The van der Waals surface area contributed by atoms with Gasteiger partial charge in [0.1, 0.15) is 0 Å². The van der Waals surface area contributed by atoms with Crippen LogP contribution in [0, 0.1) is 34.0 Å². The Kier molecular flexibility index (Phi) is 4.24. The molecular formula is C22H34O2S. The lowest BCUT2D eigenvalue weighted by molar-refractivity contribution is -0.158. The summed E-state index contributed by atoms with van der Waals surface area (Å²) < 4.78 is 0. The van der Waals surface area contributed by atoms with Crippen molar-refractivity contribution in [2.45, 2.75) is 78.2 Å². The number of allylic oxidation sites excluding steroid dienone is 1. The minimum absolute atomic E-state index is 0.0455. The van der Waals surface area contributed by atoms with Gasteiger partial charge in [-0.05, 0) is 90.8 Å². The van der Waals surface area contributed by atoms with Gasteiger partial charge in [0.2, 0.25) is 0 Å². The highest BCUT2D eigenvalue weighted by Crippen LogP contribution is 2.72. The molecule has 3 saturated carbocycles. The first-order valence-electron chi connectivity index (χ1n) is 10.3. The zero-order chi connectivity index (χ0) is 18.0. The highest BCUT2D eigenvalue weighted by molar-refractivity contribution is 7.80. The summed E-state index contributed by atoms with van der Waals surface area (Å²) in [4.78, 5) is 12.0. The van der Waals surface area contributed by atoms with Crippen LogP contribution in [0.4, 0.5) is 0 Å². The Morgan fingerprint density at radius 3 is 2.64 bits per heavy atom. The number of fused-ring (bicyclic) bond motifs is 5. The van der Waals surface area contributed by atoms with Crippen LogP contribution in [0.5, 0.6) is 0 Å². The summed E-state index contributed by atoms with van der Waals surface area (Å²) in [5.41, 5.74) is 1.90. The van der Waals surface area contributed by atoms with Gasteiger partial charge in [0.05, 0.1) is 6.10 Å². The molecule has 0 radical (unpaired) electrons. The molecule has 0 heterocycles. The van der Waals surface area contributed by atoms with E-state index in [1.54, 1.807) is 0 Å². The van der Waals surface area contributed by atoms with Crippen molar-refractivity contribution in [3.8, 4) is 0 Å². The summed E-state index contributed by atoms with van der Waals surface area (Å²) >= 11 is 4.58. The van der Waals surface area contributed by atoms with Gasteiger partial charge in [-0.25, -0.2) is 0 Å². The van der Waals surface area contributed by atoms with E-state index in [4.69, 9.17) is 0 Å². The van der Waals surface area contributed by atoms with Gasteiger partial charge in [-0.3, -0.25) is 4.79 Å². The van der Waals surface area contributed by atoms with Crippen LogP contribution in [-0.4, -0.2) is 22.7 Å². The van der Waals surface area contributed by atoms with E-state index in [1.165, 1.54) is 12.0 Å². The van der Waals surface area contributed by atoms with Crippen molar-refractivity contribution in [2.24, 2.45) is 34.0 Å². The molecule has 0 aromatic heterocycles. The van der Waals surface area contributed by atoms with Crippen molar-refractivity contribution >= 4 is 18.4 Å². The average molecular weight is 363 g/mol. The maximum absolute atomic E-state index is 12.0. The molecule has 0 spiro atoms. The summed E-state index contributed by atoms with van der Waals surface area (Å²) in [7, 11) is 0. The van der Waals surface area contributed by atoms with Crippen LogP contribution in [-0.2, 0) is 4.79 Å². The fourth-order valence-electron chi connectivity index (χ4n) is 7.73. The van der Waals surface area contributed by atoms with E-state index in [0.29, 0.717) is 30.0 Å². The Labute approximate surface area is 158 Å². The van der Waals surface area contributed by atoms with Crippen LogP contribution >= 0.6 is 12.6 Å². The minimum Gasteiger partial charge on any atom is -0.393 e. The maximum Gasteiger partial charge on any atom is 0.155 e. The Balaban J connectivity index is 1.80. The van der Waals surface area contributed by atoms with E-state index < -0.39 is 0 Å². The van der Waals surface area contributed by atoms with Crippen LogP contribution in [0.2, 0.25) is 0 Å². The summed E-state index contributed by atoms with van der Waals surface area (Å²) in [6.07, 6.45) is 10.2. The van der Waals surface area contributed by atoms with Gasteiger partial charge in [-0.2, -0.15) is 12.6 Å². The van der Waals surface area contributed by atoms with Crippen LogP contribution in [0.15, 0.2) is 11.6 Å². The zero-order valence-corrected chi connectivity index (χ0v) is 16.9. The van der Waals surface area contributed by atoms with Crippen LogP contribution < -0.4 is 0 Å². The lowest BCUT2D eigenvalue weighted by atomic mass is 9.40. The molecule has 4 aliphatic rings. The zero-order valence-electron chi connectivity index (χ0n) is 16.1. The van der Waals surface area contributed by atoms with E-state index >= 15 is 0 Å². The van der Waals surface area contributed by atoms with Gasteiger partial charge in [0.15, 0.2) is 5.78 Å².